The zero-order chi connectivity index (χ0) is 17.3. The van der Waals surface area contributed by atoms with Gasteiger partial charge in [-0.05, 0) is 25.8 Å². The third kappa shape index (κ3) is 3.47. The minimum absolute atomic E-state index is 0.0293. The van der Waals surface area contributed by atoms with Crippen molar-refractivity contribution in [2.75, 3.05) is 19.3 Å². The van der Waals surface area contributed by atoms with E-state index in [1.54, 1.807) is 4.90 Å². The molecule has 1 fully saturated rings. The van der Waals surface area contributed by atoms with E-state index in [2.05, 4.69) is 9.29 Å². The lowest BCUT2D eigenvalue weighted by Crippen LogP contribution is -2.49. The summed E-state index contributed by atoms with van der Waals surface area (Å²) in [7, 11) is -3.26. The van der Waals surface area contributed by atoms with Gasteiger partial charge in [0, 0.05) is 42.8 Å². The molecule has 1 amide bonds. The van der Waals surface area contributed by atoms with Crippen LogP contribution in [-0.4, -0.2) is 49.2 Å². The Morgan fingerprint density at radius 2 is 2.08 bits per heavy atom. The average molecular weight is 349 g/mol. The van der Waals surface area contributed by atoms with E-state index in [1.807, 2.05) is 37.4 Å². The molecule has 6 nitrogen and oxygen atoms in total. The quantitative estimate of drug-likeness (QED) is 0.915. The number of rotatable bonds is 4. The Labute approximate surface area is 142 Å². The first-order valence-electron chi connectivity index (χ1n) is 8.23. The normalized spacial score (nSPS) is 18.9. The summed E-state index contributed by atoms with van der Waals surface area (Å²) in [6.07, 6.45) is 4.61. The Morgan fingerprint density at radius 3 is 2.79 bits per heavy atom. The van der Waals surface area contributed by atoms with Gasteiger partial charge < -0.3 is 9.47 Å². The van der Waals surface area contributed by atoms with Gasteiger partial charge in [-0.15, -0.1) is 0 Å². The Morgan fingerprint density at radius 1 is 1.33 bits per heavy atom. The van der Waals surface area contributed by atoms with Crippen LogP contribution in [0.15, 0.2) is 30.5 Å². The number of aromatic nitrogens is 1. The number of benzene rings is 1. The zero-order valence-corrected chi connectivity index (χ0v) is 14.8. The summed E-state index contributed by atoms with van der Waals surface area (Å²) >= 11 is 0. The third-order valence-electron chi connectivity index (χ3n) is 4.45. The standard InChI is InChI=1S/C17H23N3O3S/c1-3-19-12-15(14-8-4-5-9-16(14)19)17(21)20-10-6-7-13(11-20)18-24(2,22)23/h4-5,8-9,12-13,18H,3,6-7,10-11H2,1-2H3. The van der Waals surface area contributed by atoms with Crippen LogP contribution in [0.1, 0.15) is 30.1 Å². The molecule has 1 atom stereocenters. The lowest BCUT2D eigenvalue weighted by atomic mass is 10.1. The number of sulfonamides is 1. The third-order valence-corrected chi connectivity index (χ3v) is 5.21. The van der Waals surface area contributed by atoms with Crippen molar-refractivity contribution >= 4 is 26.8 Å². The van der Waals surface area contributed by atoms with Crippen LogP contribution in [0.2, 0.25) is 0 Å². The summed E-state index contributed by atoms with van der Waals surface area (Å²) in [5.41, 5.74) is 1.73. The van der Waals surface area contributed by atoms with Crippen molar-refractivity contribution in [3.05, 3.63) is 36.0 Å². The fraction of sp³-hybridized carbons (Fsp3) is 0.471. The molecule has 0 spiro atoms. The molecule has 2 heterocycles. The smallest absolute Gasteiger partial charge is 0.256 e. The van der Waals surface area contributed by atoms with E-state index in [9.17, 15) is 13.2 Å². The van der Waals surface area contributed by atoms with Crippen LogP contribution in [0.5, 0.6) is 0 Å². The van der Waals surface area contributed by atoms with Gasteiger partial charge in [-0.2, -0.15) is 0 Å². The van der Waals surface area contributed by atoms with E-state index in [1.165, 1.54) is 0 Å². The summed E-state index contributed by atoms with van der Waals surface area (Å²) in [5.74, 6) is -0.0293. The first-order chi connectivity index (χ1) is 11.4. The predicted molar refractivity (Wildman–Crippen MR) is 94.5 cm³/mol. The Kier molecular flexibility index (Phi) is 4.64. The molecule has 3 rings (SSSR count). The first-order valence-corrected chi connectivity index (χ1v) is 10.1. The van der Waals surface area contributed by atoms with Crippen LogP contribution >= 0.6 is 0 Å². The van der Waals surface area contributed by atoms with Crippen molar-refractivity contribution in [1.82, 2.24) is 14.2 Å². The highest BCUT2D eigenvalue weighted by Crippen LogP contribution is 2.24. The Hall–Kier alpha value is -1.86. The fourth-order valence-corrected chi connectivity index (χ4v) is 4.21. The number of piperidine rings is 1. The van der Waals surface area contributed by atoms with Gasteiger partial charge in [0.2, 0.25) is 10.0 Å². The molecule has 1 aliphatic heterocycles. The number of hydrogen-bond acceptors (Lipinski definition) is 3. The van der Waals surface area contributed by atoms with Crippen LogP contribution < -0.4 is 4.72 Å². The Balaban J connectivity index is 1.86. The maximum atomic E-state index is 13.0. The lowest BCUT2D eigenvalue weighted by Gasteiger charge is -2.32. The molecule has 1 unspecified atom stereocenters. The molecular formula is C17H23N3O3S. The SMILES string of the molecule is CCn1cc(C(=O)N2CCCC(NS(C)(=O)=O)C2)c2ccccc21. The van der Waals surface area contributed by atoms with Gasteiger partial charge in [-0.3, -0.25) is 4.79 Å². The van der Waals surface area contributed by atoms with Crippen molar-refractivity contribution in [1.29, 1.82) is 0 Å². The highest BCUT2D eigenvalue weighted by molar-refractivity contribution is 7.88. The minimum atomic E-state index is -3.26. The molecule has 7 heteroatoms. The van der Waals surface area contributed by atoms with Crippen molar-refractivity contribution in [3.8, 4) is 0 Å². The van der Waals surface area contributed by atoms with E-state index >= 15 is 0 Å². The highest BCUT2D eigenvalue weighted by Gasteiger charge is 2.27. The van der Waals surface area contributed by atoms with Crippen LogP contribution in [0.4, 0.5) is 0 Å². The average Bonchev–Trinajstić information content (AvgIpc) is 2.91. The first kappa shape index (κ1) is 17.0. The number of likely N-dealkylation sites (tertiary alicyclic amines) is 1. The van der Waals surface area contributed by atoms with Gasteiger partial charge in [0.15, 0.2) is 0 Å². The summed E-state index contributed by atoms with van der Waals surface area (Å²) in [4.78, 5) is 14.7. The largest absolute Gasteiger partial charge is 0.347 e. The molecule has 24 heavy (non-hydrogen) atoms. The second kappa shape index (κ2) is 6.57. The summed E-state index contributed by atoms with van der Waals surface area (Å²) in [5, 5.41) is 0.947. The summed E-state index contributed by atoms with van der Waals surface area (Å²) < 4.78 is 27.6. The van der Waals surface area contributed by atoms with E-state index in [0.29, 0.717) is 18.7 Å². The molecule has 0 saturated carbocycles. The molecule has 1 N–H and O–H groups in total. The topological polar surface area (TPSA) is 71.4 Å². The number of aryl methyl sites for hydroxylation is 1. The number of nitrogens with zero attached hydrogens (tertiary/aromatic N) is 2. The molecule has 0 aliphatic carbocycles. The molecule has 1 aliphatic rings. The molecule has 2 aromatic rings. The molecule has 0 radical (unpaired) electrons. The monoisotopic (exact) mass is 349 g/mol. The number of fused-ring (bicyclic) bond motifs is 1. The summed E-state index contributed by atoms with van der Waals surface area (Å²) in [6, 6.07) is 7.67. The maximum Gasteiger partial charge on any atom is 0.256 e. The molecule has 0 bridgehead atoms. The zero-order valence-electron chi connectivity index (χ0n) is 14.0. The van der Waals surface area contributed by atoms with Crippen LogP contribution in [0.25, 0.3) is 10.9 Å². The molecule has 1 aromatic heterocycles. The molecule has 130 valence electrons. The highest BCUT2D eigenvalue weighted by atomic mass is 32.2. The number of amides is 1. The number of carbonyl (C=O) groups excluding carboxylic acids is 1. The second-order valence-corrected chi connectivity index (χ2v) is 8.11. The van der Waals surface area contributed by atoms with Crippen LogP contribution in [0, 0.1) is 0 Å². The van der Waals surface area contributed by atoms with Gasteiger partial charge in [0.25, 0.3) is 5.91 Å². The van der Waals surface area contributed by atoms with Gasteiger partial charge in [-0.1, -0.05) is 18.2 Å². The van der Waals surface area contributed by atoms with E-state index < -0.39 is 10.0 Å². The van der Waals surface area contributed by atoms with Crippen molar-refractivity contribution in [3.63, 3.8) is 0 Å². The minimum Gasteiger partial charge on any atom is -0.347 e. The number of nitrogens with one attached hydrogen (secondary N) is 1. The molecule has 1 saturated heterocycles. The van der Waals surface area contributed by atoms with E-state index in [4.69, 9.17) is 0 Å². The van der Waals surface area contributed by atoms with Gasteiger partial charge in [-0.25, -0.2) is 13.1 Å². The Bertz CT molecular complexity index is 857. The maximum absolute atomic E-state index is 13.0. The van der Waals surface area contributed by atoms with Gasteiger partial charge in [0.05, 0.1) is 11.8 Å². The van der Waals surface area contributed by atoms with E-state index in [-0.39, 0.29) is 11.9 Å². The number of para-hydroxylation sites is 1. The molecule has 1 aromatic carbocycles. The van der Waals surface area contributed by atoms with Crippen molar-refractivity contribution in [2.24, 2.45) is 0 Å². The van der Waals surface area contributed by atoms with Crippen molar-refractivity contribution in [2.45, 2.75) is 32.4 Å². The van der Waals surface area contributed by atoms with Crippen molar-refractivity contribution < 1.29 is 13.2 Å². The fourth-order valence-electron chi connectivity index (χ4n) is 3.41. The van der Waals surface area contributed by atoms with E-state index in [0.717, 1.165) is 36.5 Å². The number of hydrogen-bond donors (Lipinski definition) is 1. The van der Waals surface area contributed by atoms with Crippen LogP contribution in [-0.2, 0) is 16.6 Å². The van der Waals surface area contributed by atoms with Crippen LogP contribution in [0.3, 0.4) is 0 Å². The summed E-state index contributed by atoms with van der Waals surface area (Å²) in [6.45, 7) is 3.92. The number of carbonyl (C=O) groups is 1. The lowest BCUT2D eigenvalue weighted by molar-refractivity contribution is 0.0705. The van der Waals surface area contributed by atoms with Gasteiger partial charge >= 0.3 is 0 Å². The second-order valence-electron chi connectivity index (χ2n) is 6.33. The van der Waals surface area contributed by atoms with Gasteiger partial charge in [0.1, 0.15) is 0 Å². The molecular weight excluding hydrogens is 326 g/mol. The predicted octanol–water partition coefficient (Wildman–Crippen LogP) is 1.81.